The zero-order valence-corrected chi connectivity index (χ0v) is 16.1. The number of hydrogen-bond donors (Lipinski definition) is 2. The highest BCUT2D eigenvalue weighted by Gasteiger charge is 2.30. The second kappa shape index (κ2) is 7.43. The summed E-state index contributed by atoms with van der Waals surface area (Å²) in [6.45, 7) is 1.59. The predicted molar refractivity (Wildman–Crippen MR) is 113 cm³/mol. The summed E-state index contributed by atoms with van der Waals surface area (Å²) in [6.07, 6.45) is 5.53. The van der Waals surface area contributed by atoms with E-state index in [-0.39, 0.29) is 11.5 Å². The van der Waals surface area contributed by atoms with Gasteiger partial charge in [0.25, 0.3) is 0 Å². The van der Waals surface area contributed by atoms with E-state index in [1.807, 2.05) is 35.2 Å². The van der Waals surface area contributed by atoms with Gasteiger partial charge in [-0.05, 0) is 35.7 Å². The van der Waals surface area contributed by atoms with Gasteiger partial charge >= 0.3 is 5.69 Å². The van der Waals surface area contributed by atoms with E-state index in [9.17, 15) is 10.1 Å². The molecule has 0 saturated heterocycles. The standard InChI is InChI=1S/C21H19N7O2/c29-28(30)19-20(23-11-14-5-8-22-9-6-14)24-13-25-21(19)27-10-7-16-15-3-1-2-4-17(15)26-18(16)12-27/h1-6,8-9,13,26H,7,10-12H2,(H,23,24,25). The molecule has 9 heteroatoms. The molecule has 3 aromatic heterocycles. The lowest BCUT2D eigenvalue weighted by atomic mass is 10.0. The topological polar surface area (TPSA) is 113 Å². The van der Waals surface area contributed by atoms with E-state index in [2.05, 4.69) is 31.3 Å². The van der Waals surface area contributed by atoms with Gasteiger partial charge in [-0.3, -0.25) is 15.1 Å². The number of nitrogens with one attached hydrogen (secondary N) is 2. The molecule has 0 fully saturated rings. The summed E-state index contributed by atoms with van der Waals surface area (Å²) in [6, 6.07) is 11.9. The maximum Gasteiger partial charge on any atom is 0.353 e. The fraction of sp³-hybridized carbons (Fsp3) is 0.190. The van der Waals surface area contributed by atoms with Gasteiger partial charge in [0.05, 0.1) is 11.5 Å². The number of nitro groups is 1. The Morgan fingerprint density at radius 2 is 2.00 bits per heavy atom. The Labute approximate surface area is 172 Å². The van der Waals surface area contributed by atoms with Gasteiger partial charge in [0.2, 0.25) is 11.6 Å². The number of aromatic amines is 1. The number of benzene rings is 1. The molecular formula is C21H19N7O2. The second-order valence-corrected chi connectivity index (χ2v) is 7.16. The molecule has 150 valence electrons. The number of rotatable bonds is 5. The van der Waals surface area contributed by atoms with Crippen LogP contribution < -0.4 is 10.2 Å². The van der Waals surface area contributed by atoms with Crippen molar-refractivity contribution in [2.24, 2.45) is 0 Å². The molecule has 0 aliphatic carbocycles. The molecular weight excluding hydrogens is 382 g/mol. The van der Waals surface area contributed by atoms with Gasteiger partial charge in [0.15, 0.2) is 0 Å². The molecule has 1 aliphatic rings. The highest BCUT2D eigenvalue weighted by molar-refractivity contribution is 5.85. The predicted octanol–water partition coefficient (Wildman–Crippen LogP) is 3.44. The maximum atomic E-state index is 11.9. The Hall–Kier alpha value is -4.01. The number of nitrogens with zero attached hydrogens (tertiary/aromatic N) is 5. The third-order valence-electron chi connectivity index (χ3n) is 5.38. The van der Waals surface area contributed by atoms with E-state index in [1.165, 1.54) is 17.3 Å². The van der Waals surface area contributed by atoms with Gasteiger partial charge in [-0.1, -0.05) is 18.2 Å². The summed E-state index contributed by atoms with van der Waals surface area (Å²) in [4.78, 5) is 29.3. The SMILES string of the molecule is O=[N+]([O-])c1c(NCc2ccncc2)ncnc1N1CCc2c([nH]c3ccccc23)C1. The maximum absolute atomic E-state index is 11.9. The molecule has 4 heterocycles. The lowest BCUT2D eigenvalue weighted by molar-refractivity contribution is -0.383. The first-order valence-corrected chi connectivity index (χ1v) is 9.66. The smallest absolute Gasteiger partial charge is 0.353 e. The van der Waals surface area contributed by atoms with Crippen LogP contribution in [0.5, 0.6) is 0 Å². The van der Waals surface area contributed by atoms with E-state index >= 15 is 0 Å². The Morgan fingerprint density at radius 3 is 2.83 bits per heavy atom. The third kappa shape index (κ3) is 3.20. The summed E-state index contributed by atoms with van der Waals surface area (Å²) in [7, 11) is 0. The molecule has 0 radical (unpaired) electrons. The molecule has 0 saturated carbocycles. The highest BCUT2D eigenvalue weighted by Crippen LogP contribution is 2.36. The van der Waals surface area contributed by atoms with E-state index in [0.717, 1.165) is 23.2 Å². The lowest BCUT2D eigenvalue weighted by Gasteiger charge is -2.27. The molecule has 9 nitrogen and oxygen atoms in total. The van der Waals surface area contributed by atoms with Crippen molar-refractivity contribution in [2.45, 2.75) is 19.5 Å². The number of anilines is 2. The monoisotopic (exact) mass is 401 g/mol. The zero-order valence-electron chi connectivity index (χ0n) is 16.1. The van der Waals surface area contributed by atoms with Crippen molar-refractivity contribution in [2.75, 3.05) is 16.8 Å². The van der Waals surface area contributed by atoms with Crippen molar-refractivity contribution < 1.29 is 4.92 Å². The summed E-state index contributed by atoms with van der Waals surface area (Å²) in [5.74, 6) is 0.542. The van der Waals surface area contributed by atoms with Gasteiger partial charge in [-0.15, -0.1) is 0 Å². The number of aromatic nitrogens is 4. The van der Waals surface area contributed by atoms with E-state index < -0.39 is 4.92 Å². The fourth-order valence-corrected chi connectivity index (χ4v) is 3.96. The molecule has 1 aliphatic heterocycles. The first kappa shape index (κ1) is 18.0. The van der Waals surface area contributed by atoms with Crippen molar-refractivity contribution in [1.29, 1.82) is 0 Å². The molecule has 0 atom stereocenters. The number of para-hydroxylation sites is 1. The number of fused-ring (bicyclic) bond motifs is 3. The molecule has 1 aromatic carbocycles. The Balaban J connectivity index is 1.46. The first-order chi connectivity index (χ1) is 14.7. The van der Waals surface area contributed by atoms with Crippen molar-refractivity contribution in [1.82, 2.24) is 19.9 Å². The van der Waals surface area contributed by atoms with Crippen LogP contribution >= 0.6 is 0 Å². The largest absolute Gasteiger partial charge is 0.360 e. The number of hydrogen-bond acceptors (Lipinski definition) is 7. The molecule has 0 unspecified atom stereocenters. The summed E-state index contributed by atoms with van der Waals surface area (Å²) in [5, 5.41) is 16.2. The Morgan fingerprint density at radius 1 is 1.17 bits per heavy atom. The van der Waals surface area contributed by atoms with Gasteiger partial charge in [0.1, 0.15) is 6.33 Å². The molecule has 5 rings (SSSR count). The first-order valence-electron chi connectivity index (χ1n) is 9.66. The highest BCUT2D eigenvalue weighted by atomic mass is 16.6. The molecule has 4 aromatic rings. The van der Waals surface area contributed by atoms with Crippen molar-refractivity contribution in [3.05, 3.63) is 82.1 Å². The summed E-state index contributed by atoms with van der Waals surface area (Å²) >= 11 is 0. The molecule has 2 N–H and O–H groups in total. The van der Waals surface area contributed by atoms with Crippen molar-refractivity contribution in [3.63, 3.8) is 0 Å². The Kier molecular flexibility index (Phi) is 4.47. The average Bonchev–Trinajstić information content (AvgIpc) is 3.16. The lowest BCUT2D eigenvalue weighted by Crippen LogP contribution is -2.31. The van der Waals surface area contributed by atoms with Crippen LogP contribution in [-0.2, 0) is 19.5 Å². The minimum absolute atomic E-state index is 0.105. The van der Waals surface area contributed by atoms with Crippen LogP contribution in [0.1, 0.15) is 16.8 Å². The Bertz CT molecular complexity index is 1220. The normalized spacial score (nSPS) is 13.3. The van der Waals surface area contributed by atoms with E-state index in [4.69, 9.17) is 0 Å². The van der Waals surface area contributed by atoms with Crippen LogP contribution in [0.3, 0.4) is 0 Å². The van der Waals surface area contributed by atoms with E-state index in [1.54, 1.807) is 12.4 Å². The molecule has 0 spiro atoms. The van der Waals surface area contributed by atoms with Crippen LogP contribution in [0, 0.1) is 10.1 Å². The van der Waals surface area contributed by atoms with Gasteiger partial charge < -0.3 is 15.2 Å². The minimum atomic E-state index is -0.412. The van der Waals surface area contributed by atoms with Gasteiger partial charge in [0, 0.05) is 42.1 Å². The van der Waals surface area contributed by atoms with Crippen LogP contribution in [0.2, 0.25) is 0 Å². The average molecular weight is 401 g/mol. The quantitative estimate of drug-likeness (QED) is 0.389. The fourth-order valence-electron chi connectivity index (χ4n) is 3.96. The van der Waals surface area contributed by atoms with Crippen LogP contribution in [0.4, 0.5) is 17.3 Å². The van der Waals surface area contributed by atoms with Gasteiger partial charge in [-0.2, -0.15) is 0 Å². The molecule has 0 bridgehead atoms. The summed E-state index contributed by atoms with van der Waals surface area (Å²) < 4.78 is 0. The van der Waals surface area contributed by atoms with Crippen LogP contribution in [-0.4, -0.2) is 31.4 Å². The van der Waals surface area contributed by atoms with E-state index in [0.29, 0.717) is 25.5 Å². The minimum Gasteiger partial charge on any atom is -0.360 e. The number of pyridine rings is 1. The van der Waals surface area contributed by atoms with Crippen molar-refractivity contribution >= 4 is 28.2 Å². The molecule has 30 heavy (non-hydrogen) atoms. The second-order valence-electron chi connectivity index (χ2n) is 7.16. The number of H-pyrrole nitrogens is 1. The molecule has 0 amide bonds. The van der Waals surface area contributed by atoms with Crippen molar-refractivity contribution in [3.8, 4) is 0 Å². The van der Waals surface area contributed by atoms with Crippen LogP contribution in [0.15, 0.2) is 55.1 Å². The van der Waals surface area contributed by atoms with Gasteiger partial charge in [-0.25, -0.2) is 9.97 Å². The third-order valence-corrected chi connectivity index (χ3v) is 5.38. The van der Waals surface area contributed by atoms with Crippen LogP contribution in [0.25, 0.3) is 10.9 Å². The zero-order chi connectivity index (χ0) is 20.5. The summed E-state index contributed by atoms with van der Waals surface area (Å²) in [5.41, 5.74) is 4.28.